The number of thioether (sulfide) groups is 1. The van der Waals surface area contributed by atoms with E-state index in [9.17, 15) is 19.7 Å². The molecule has 0 fully saturated rings. The van der Waals surface area contributed by atoms with E-state index in [0.29, 0.717) is 28.5 Å². The van der Waals surface area contributed by atoms with Gasteiger partial charge >= 0.3 is 0 Å². The summed E-state index contributed by atoms with van der Waals surface area (Å²) >= 11 is 1.14. The van der Waals surface area contributed by atoms with Crippen molar-refractivity contribution < 1.29 is 9.72 Å². The minimum absolute atomic E-state index is 0.0293. The number of amides is 1. The van der Waals surface area contributed by atoms with Crippen LogP contribution in [0.4, 0.5) is 11.4 Å². The summed E-state index contributed by atoms with van der Waals surface area (Å²) in [6, 6.07) is 13.1. The first-order valence-corrected chi connectivity index (χ1v) is 10.5. The fraction of sp³-hybridized carbons (Fsp3) is 0.286. The molecule has 0 aliphatic carbocycles. The van der Waals surface area contributed by atoms with Crippen LogP contribution in [0, 0.1) is 16.0 Å². The Hall–Kier alpha value is -3.20. The topological polar surface area (TPSA) is 107 Å². The van der Waals surface area contributed by atoms with E-state index in [4.69, 9.17) is 0 Å². The molecule has 0 bridgehead atoms. The van der Waals surface area contributed by atoms with Gasteiger partial charge in [0.25, 0.3) is 11.2 Å². The molecule has 2 aromatic carbocycles. The third-order valence-corrected chi connectivity index (χ3v) is 5.44. The largest absolute Gasteiger partial charge is 0.320 e. The number of anilines is 1. The molecule has 0 unspecified atom stereocenters. The lowest BCUT2D eigenvalue weighted by molar-refractivity contribution is -0.383. The monoisotopic (exact) mass is 426 g/mol. The summed E-state index contributed by atoms with van der Waals surface area (Å²) in [4.78, 5) is 40.5. The quantitative estimate of drug-likeness (QED) is 0.252. The maximum atomic E-state index is 13.0. The number of nitrogens with one attached hydrogen (secondary N) is 1. The number of rotatable bonds is 8. The number of hydrogen-bond donors (Lipinski definition) is 1. The zero-order valence-electron chi connectivity index (χ0n) is 16.7. The molecule has 1 N–H and O–H groups in total. The smallest absolute Gasteiger partial charge is 0.292 e. The molecular formula is C21H22N4O4S. The van der Waals surface area contributed by atoms with Gasteiger partial charge in [-0.2, -0.15) is 0 Å². The highest BCUT2D eigenvalue weighted by atomic mass is 32.2. The van der Waals surface area contributed by atoms with Crippen molar-refractivity contribution in [3.8, 4) is 0 Å². The Balaban J connectivity index is 1.82. The van der Waals surface area contributed by atoms with Crippen LogP contribution in [0.15, 0.2) is 58.5 Å². The number of nitro benzene ring substituents is 1. The molecule has 1 amide bonds. The minimum atomic E-state index is -0.544. The SMILES string of the molecule is CC(C)CCn1c(SCC(=O)Nc2ccccc2[N+](=O)[O-])nc2ccccc2c1=O. The number of carbonyl (C=O) groups excluding carboxylic acids is 1. The highest BCUT2D eigenvalue weighted by Crippen LogP contribution is 2.24. The van der Waals surface area contributed by atoms with Crippen molar-refractivity contribution in [3.63, 3.8) is 0 Å². The van der Waals surface area contributed by atoms with Gasteiger partial charge in [-0.25, -0.2) is 4.98 Å². The minimum Gasteiger partial charge on any atom is -0.320 e. The Bertz CT molecular complexity index is 1140. The van der Waals surface area contributed by atoms with Crippen molar-refractivity contribution in [2.75, 3.05) is 11.1 Å². The average molecular weight is 426 g/mol. The number of aromatic nitrogens is 2. The van der Waals surface area contributed by atoms with Crippen molar-refractivity contribution in [1.82, 2.24) is 9.55 Å². The first-order chi connectivity index (χ1) is 14.4. The van der Waals surface area contributed by atoms with Gasteiger partial charge in [0.05, 0.1) is 21.6 Å². The van der Waals surface area contributed by atoms with Crippen LogP contribution in [0.2, 0.25) is 0 Å². The predicted molar refractivity (Wildman–Crippen MR) is 118 cm³/mol. The third kappa shape index (κ3) is 5.04. The van der Waals surface area contributed by atoms with E-state index in [0.717, 1.165) is 18.2 Å². The van der Waals surface area contributed by atoms with Gasteiger partial charge in [-0.3, -0.25) is 24.3 Å². The number of hydrogen-bond acceptors (Lipinski definition) is 6. The predicted octanol–water partition coefficient (Wildman–Crippen LogP) is 4.08. The molecule has 9 heteroatoms. The van der Waals surface area contributed by atoms with Crippen LogP contribution in [0.25, 0.3) is 10.9 Å². The lowest BCUT2D eigenvalue weighted by atomic mass is 10.1. The Labute approximate surface area is 177 Å². The van der Waals surface area contributed by atoms with Crippen molar-refractivity contribution in [2.45, 2.75) is 32.0 Å². The molecule has 0 radical (unpaired) electrons. The van der Waals surface area contributed by atoms with Crippen molar-refractivity contribution in [3.05, 3.63) is 69.0 Å². The van der Waals surface area contributed by atoms with Gasteiger partial charge in [-0.1, -0.05) is 49.9 Å². The van der Waals surface area contributed by atoms with Crippen molar-refractivity contribution >= 4 is 39.9 Å². The highest BCUT2D eigenvalue weighted by Gasteiger charge is 2.17. The van der Waals surface area contributed by atoms with Crippen molar-refractivity contribution in [2.24, 2.45) is 5.92 Å². The van der Waals surface area contributed by atoms with Crippen LogP contribution >= 0.6 is 11.8 Å². The standard InChI is InChI=1S/C21H22N4O4S/c1-14(2)11-12-24-20(27)15-7-3-4-8-16(15)23-21(24)30-13-19(26)22-17-9-5-6-10-18(17)25(28)29/h3-10,14H,11-13H2,1-2H3,(H,22,26). The Morgan fingerprint density at radius 3 is 2.63 bits per heavy atom. The molecule has 1 heterocycles. The average Bonchev–Trinajstić information content (AvgIpc) is 2.72. The van der Waals surface area contributed by atoms with Crippen LogP contribution in [0.3, 0.4) is 0 Å². The highest BCUT2D eigenvalue weighted by molar-refractivity contribution is 7.99. The third-order valence-electron chi connectivity index (χ3n) is 4.46. The van der Waals surface area contributed by atoms with Crippen LogP contribution < -0.4 is 10.9 Å². The summed E-state index contributed by atoms with van der Waals surface area (Å²) in [5, 5.41) is 14.7. The molecule has 30 heavy (non-hydrogen) atoms. The Morgan fingerprint density at radius 2 is 1.90 bits per heavy atom. The molecule has 0 spiro atoms. The maximum absolute atomic E-state index is 13.0. The fourth-order valence-corrected chi connectivity index (χ4v) is 3.72. The second kappa shape index (κ2) is 9.53. The molecule has 0 aliphatic rings. The second-order valence-corrected chi connectivity index (χ2v) is 8.10. The van der Waals surface area contributed by atoms with Crippen molar-refractivity contribution in [1.29, 1.82) is 0 Å². The van der Waals surface area contributed by atoms with Gasteiger partial charge in [0, 0.05) is 12.6 Å². The second-order valence-electron chi connectivity index (χ2n) is 7.16. The van der Waals surface area contributed by atoms with Crippen LogP contribution in [-0.2, 0) is 11.3 Å². The summed E-state index contributed by atoms with van der Waals surface area (Å²) < 4.78 is 1.60. The molecule has 0 atom stereocenters. The summed E-state index contributed by atoms with van der Waals surface area (Å²) in [6.45, 7) is 4.65. The lowest BCUT2D eigenvalue weighted by Crippen LogP contribution is -2.25. The van der Waals surface area contributed by atoms with E-state index in [1.165, 1.54) is 18.2 Å². The number of para-hydroxylation sites is 3. The van der Waals surface area contributed by atoms with Gasteiger partial charge in [0.1, 0.15) is 5.69 Å². The summed E-state index contributed by atoms with van der Waals surface area (Å²) in [5.41, 5.74) is 0.401. The van der Waals surface area contributed by atoms with E-state index >= 15 is 0 Å². The number of carbonyl (C=O) groups is 1. The van der Waals surface area contributed by atoms with Gasteiger partial charge in [-0.15, -0.1) is 0 Å². The molecule has 1 aromatic heterocycles. The summed E-state index contributed by atoms with van der Waals surface area (Å²) in [5.74, 6) is -0.0336. The zero-order valence-corrected chi connectivity index (χ0v) is 17.5. The van der Waals surface area contributed by atoms with Crippen LogP contribution in [0.1, 0.15) is 20.3 Å². The Morgan fingerprint density at radius 1 is 1.20 bits per heavy atom. The molecule has 3 rings (SSSR count). The molecule has 0 saturated heterocycles. The lowest BCUT2D eigenvalue weighted by Gasteiger charge is -2.14. The molecule has 0 aliphatic heterocycles. The van der Waals surface area contributed by atoms with Crippen LogP contribution in [-0.4, -0.2) is 26.1 Å². The van der Waals surface area contributed by atoms with E-state index in [1.807, 2.05) is 6.07 Å². The maximum Gasteiger partial charge on any atom is 0.292 e. The van der Waals surface area contributed by atoms with E-state index < -0.39 is 10.8 Å². The number of fused-ring (bicyclic) bond motifs is 1. The van der Waals surface area contributed by atoms with Gasteiger partial charge in [0.2, 0.25) is 5.91 Å². The molecule has 3 aromatic rings. The first kappa shape index (κ1) is 21.5. The normalized spacial score (nSPS) is 11.0. The van der Waals surface area contributed by atoms with E-state index in [2.05, 4.69) is 24.1 Å². The van der Waals surface area contributed by atoms with Gasteiger partial charge in [-0.05, 0) is 30.5 Å². The summed E-state index contributed by atoms with van der Waals surface area (Å²) in [6.07, 6.45) is 0.801. The fourth-order valence-electron chi connectivity index (χ4n) is 2.90. The first-order valence-electron chi connectivity index (χ1n) is 9.52. The Kier molecular flexibility index (Phi) is 6.83. The molecular weight excluding hydrogens is 404 g/mol. The van der Waals surface area contributed by atoms with E-state index in [-0.39, 0.29) is 22.7 Å². The van der Waals surface area contributed by atoms with Gasteiger partial charge in [0.15, 0.2) is 5.16 Å². The number of nitrogens with zero attached hydrogens (tertiary/aromatic N) is 3. The molecule has 0 saturated carbocycles. The zero-order chi connectivity index (χ0) is 21.7. The van der Waals surface area contributed by atoms with E-state index in [1.54, 1.807) is 28.8 Å². The summed E-state index contributed by atoms with van der Waals surface area (Å²) in [7, 11) is 0. The number of nitro groups is 1. The molecule has 156 valence electrons. The van der Waals surface area contributed by atoms with Crippen LogP contribution in [0.5, 0.6) is 0 Å². The molecule has 8 nitrogen and oxygen atoms in total. The van der Waals surface area contributed by atoms with Gasteiger partial charge < -0.3 is 5.32 Å². The number of benzene rings is 2.